The minimum absolute atomic E-state index is 0.249. The second-order valence-corrected chi connectivity index (χ2v) is 6.38. The van der Waals surface area contributed by atoms with Crippen molar-refractivity contribution < 1.29 is 14.3 Å². The third kappa shape index (κ3) is 5.05. The summed E-state index contributed by atoms with van der Waals surface area (Å²) in [7, 11) is 3.54. The van der Waals surface area contributed by atoms with E-state index in [9.17, 15) is 9.59 Å². The van der Waals surface area contributed by atoms with Gasteiger partial charge in [0, 0.05) is 38.0 Å². The van der Waals surface area contributed by atoms with E-state index in [0.717, 1.165) is 22.5 Å². The van der Waals surface area contributed by atoms with Gasteiger partial charge in [-0.1, -0.05) is 29.8 Å². The van der Waals surface area contributed by atoms with Gasteiger partial charge >= 0.3 is 5.97 Å². The van der Waals surface area contributed by atoms with Crippen molar-refractivity contribution in [3.05, 3.63) is 58.4 Å². The molecule has 0 aliphatic carbocycles. The van der Waals surface area contributed by atoms with E-state index in [0.29, 0.717) is 6.54 Å². The molecule has 2 rings (SSSR count). The zero-order valence-electron chi connectivity index (χ0n) is 15.9. The molecule has 1 aromatic heterocycles. The van der Waals surface area contributed by atoms with Gasteiger partial charge in [0.1, 0.15) is 0 Å². The summed E-state index contributed by atoms with van der Waals surface area (Å²) < 4.78 is 6.80. The van der Waals surface area contributed by atoms with Gasteiger partial charge in [-0.3, -0.25) is 9.48 Å². The first-order valence-corrected chi connectivity index (χ1v) is 8.42. The molecule has 1 heterocycles. The largest absolute Gasteiger partial charge is 0.452 e. The molecule has 6 heteroatoms. The fourth-order valence-electron chi connectivity index (χ4n) is 2.53. The maximum absolute atomic E-state index is 12.1. The summed E-state index contributed by atoms with van der Waals surface area (Å²) in [5, 5.41) is 4.28. The Bertz CT molecular complexity index is 820. The van der Waals surface area contributed by atoms with Gasteiger partial charge in [-0.2, -0.15) is 5.10 Å². The average molecular weight is 355 g/mol. The van der Waals surface area contributed by atoms with Gasteiger partial charge in [0.25, 0.3) is 5.91 Å². The van der Waals surface area contributed by atoms with Crippen LogP contribution in [-0.2, 0) is 27.9 Å². The second-order valence-electron chi connectivity index (χ2n) is 6.38. The molecule has 0 spiro atoms. The third-order valence-corrected chi connectivity index (χ3v) is 4.26. The smallest absolute Gasteiger partial charge is 0.331 e. The molecular weight excluding hydrogens is 330 g/mol. The van der Waals surface area contributed by atoms with Gasteiger partial charge in [-0.15, -0.1) is 0 Å². The number of hydrogen-bond donors (Lipinski definition) is 0. The van der Waals surface area contributed by atoms with Crippen LogP contribution in [0.4, 0.5) is 0 Å². The summed E-state index contributed by atoms with van der Waals surface area (Å²) in [5.74, 6) is -0.800. The van der Waals surface area contributed by atoms with Crippen LogP contribution in [0.5, 0.6) is 0 Å². The summed E-state index contributed by atoms with van der Waals surface area (Å²) in [6.45, 7) is 6.01. The van der Waals surface area contributed by atoms with Gasteiger partial charge in [-0.25, -0.2) is 4.79 Å². The van der Waals surface area contributed by atoms with E-state index in [1.807, 2.05) is 52.1 Å². The molecule has 0 atom stereocenters. The number of carbonyl (C=O) groups is 2. The number of benzene rings is 1. The fourth-order valence-corrected chi connectivity index (χ4v) is 2.53. The minimum atomic E-state index is -0.551. The van der Waals surface area contributed by atoms with Crippen LogP contribution in [0.3, 0.4) is 0 Å². The molecule has 26 heavy (non-hydrogen) atoms. The van der Waals surface area contributed by atoms with E-state index in [1.165, 1.54) is 16.5 Å². The molecule has 0 aliphatic heterocycles. The molecule has 0 saturated carbocycles. The van der Waals surface area contributed by atoms with E-state index >= 15 is 0 Å². The lowest BCUT2D eigenvalue weighted by Gasteiger charge is -2.17. The maximum Gasteiger partial charge on any atom is 0.331 e. The number of aromatic nitrogens is 2. The van der Waals surface area contributed by atoms with Crippen molar-refractivity contribution in [3.8, 4) is 0 Å². The molecule has 0 saturated heterocycles. The SMILES string of the molecule is Cc1ccc(CN(C)C(=O)COC(=O)/C=C/c2c(C)nn(C)c2C)cc1. The summed E-state index contributed by atoms with van der Waals surface area (Å²) in [5.41, 5.74) is 4.87. The number of carbonyl (C=O) groups excluding carboxylic acids is 2. The van der Waals surface area contributed by atoms with Crippen LogP contribution in [0.1, 0.15) is 28.1 Å². The Morgan fingerprint density at radius 3 is 2.42 bits per heavy atom. The number of likely N-dealkylation sites (N-methyl/N-ethyl adjacent to an activating group) is 1. The summed E-state index contributed by atoms with van der Waals surface area (Å²) in [6, 6.07) is 7.96. The highest BCUT2D eigenvalue weighted by Gasteiger charge is 2.12. The van der Waals surface area contributed by atoms with Crippen molar-refractivity contribution >= 4 is 18.0 Å². The molecule has 6 nitrogen and oxygen atoms in total. The molecule has 0 unspecified atom stereocenters. The molecule has 1 amide bonds. The lowest BCUT2D eigenvalue weighted by atomic mass is 10.1. The van der Waals surface area contributed by atoms with Gasteiger partial charge in [0.05, 0.1) is 5.69 Å². The highest BCUT2D eigenvalue weighted by atomic mass is 16.5. The van der Waals surface area contributed by atoms with Crippen LogP contribution in [0, 0.1) is 20.8 Å². The lowest BCUT2D eigenvalue weighted by molar-refractivity contribution is -0.147. The van der Waals surface area contributed by atoms with Crippen molar-refractivity contribution in [1.82, 2.24) is 14.7 Å². The predicted octanol–water partition coefficient (Wildman–Crippen LogP) is 2.56. The Balaban J connectivity index is 1.85. The number of rotatable bonds is 6. The first-order chi connectivity index (χ1) is 12.3. The van der Waals surface area contributed by atoms with E-state index in [1.54, 1.807) is 17.8 Å². The number of aryl methyl sites for hydroxylation is 3. The Morgan fingerprint density at radius 2 is 1.85 bits per heavy atom. The average Bonchev–Trinajstić information content (AvgIpc) is 2.85. The highest BCUT2D eigenvalue weighted by Crippen LogP contribution is 2.13. The fraction of sp³-hybridized carbons (Fsp3) is 0.350. The third-order valence-electron chi connectivity index (χ3n) is 4.26. The summed E-state index contributed by atoms with van der Waals surface area (Å²) >= 11 is 0. The van der Waals surface area contributed by atoms with E-state index in [4.69, 9.17) is 4.74 Å². The Labute approximate surface area is 154 Å². The van der Waals surface area contributed by atoms with Crippen molar-refractivity contribution in [2.75, 3.05) is 13.7 Å². The van der Waals surface area contributed by atoms with Gasteiger partial charge in [-0.05, 0) is 32.4 Å². The highest BCUT2D eigenvalue weighted by molar-refractivity contribution is 5.89. The van der Waals surface area contributed by atoms with E-state index < -0.39 is 5.97 Å². The number of hydrogen-bond acceptors (Lipinski definition) is 4. The summed E-state index contributed by atoms with van der Waals surface area (Å²) in [6.07, 6.45) is 2.99. The monoisotopic (exact) mass is 355 g/mol. The summed E-state index contributed by atoms with van der Waals surface area (Å²) in [4.78, 5) is 25.5. The molecule has 138 valence electrons. The normalized spacial score (nSPS) is 11.0. The van der Waals surface area contributed by atoms with Gasteiger partial charge < -0.3 is 9.64 Å². The van der Waals surface area contributed by atoms with Crippen LogP contribution < -0.4 is 0 Å². The predicted molar refractivity (Wildman–Crippen MR) is 100 cm³/mol. The number of amides is 1. The minimum Gasteiger partial charge on any atom is -0.452 e. The van der Waals surface area contributed by atoms with Crippen molar-refractivity contribution in [2.45, 2.75) is 27.3 Å². The molecule has 0 bridgehead atoms. The van der Waals surface area contributed by atoms with E-state index in [-0.39, 0.29) is 12.5 Å². The van der Waals surface area contributed by atoms with Crippen LogP contribution >= 0.6 is 0 Å². The quantitative estimate of drug-likeness (QED) is 0.590. The zero-order valence-corrected chi connectivity index (χ0v) is 15.9. The molecule has 0 N–H and O–H groups in total. The standard InChI is InChI=1S/C20H25N3O3/c1-14-6-8-17(9-7-14)12-22(4)19(24)13-26-20(25)11-10-18-15(2)21-23(5)16(18)3/h6-11H,12-13H2,1-5H3/b11-10+. The molecular formula is C20H25N3O3. The first-order valence-electron chi connectivity index (χ1n) is 8.42. The Morgan fingerprint density at radius 1 is 1.19 bits per heavy atom. The van der Waals surface area contributed by atoms with Gasteiger partial charge in [0.15, 0.2) is 6.61 Å². The van der Waals surface area contributed by atoms with Crippen molar-refractivity contribution in [3.63, 3.8) is 0 Å². The molecule has 0 aliphatic rings. The molecule has 0 fully saturated rings. The first kappa shape index (κ1) is 19.4. The number of ether oxygens (including phenoxy) is 1. The second kappa shape index (κ2) is 8.47. The molecule has 1 aromatic carbocycles. The van der Waals surface area contributed by atoms with Crippen LogP contribution in [-0.4, -0.2) is 40.2 Å². The molecule has 0 radical (unpaired) electrons. The number of esters is 1. The van der Waals surface area contributed by atoms with Crippen LogP contribution in [0.15, 0.2) is 30.3 Å². The Kier molecular flexibility index (Phi) is 6.33. The van der Waals surface area contributed by atoms with Crippen molar-refractivity contribution in [2.24, 2.45) is 7.05 Å². The number of nitrogens with zero attached hydrogens (tertiary/aromatic N) is 3. The topological polar surface area (TPSA) is 64.4 Å². The maximum atomic E-state index is 12.1. The van der Waals surface area contributed by atoms with E-state index in [2.05, 4.69) is 5.10 Å². The van der Waals surface area contributed by atoms with Crippen LogP contribution in [0.2, 0.25) is 0 Å². The van der Waals surface area contributed by atoms with Crippen LogP contribution in [0.25, 0.3) is 6.08 Å². The van der Waals surface area contributed by atoms with Gasteiger partial charge in [0.2, 0.25) is 0 Å². The molecule has 2 aromatic rings. The lowest BCUT2D eigenvalue weighted by Crippen LogP contribution is -2.30. The van der Waals surface area contributed by atoms with Crippen molar-refractivity contribution in [1.29, 1.82) is 0 Å². The Hall–Kier alpha value is -2.89. The zero-order chi connectivity index (χ0) is 19.3.